The summed E-state index contributed by atoms with van der Waals surface area (Å²) in [5, 5.41) is 3.34. The van der Waals surface area contributed by atoms with Crippen LogP contribution in [0.4, 0.5) is 4.39 Å². The molecule has 4 heteroatoms. The molecule has 0 aliphatic carbocycles. The van der Waals surface area contributed by atoms with Gasteiger partial charge in [-0.3, -0.25) is 0 Å². The van der Waals surface area contributed by atoms with E-state index < -0.39 is 0 Å². The van der Waals surface area contributed by atoms with Gasteiger partial charge in [0.2, 0.25) is 0 Å². The zero-order valence-corrected chi connectivity index (χ0v) is 10.8. The van der Waals surface area contributed by atoms with E-state index in [1.165, 1.54) is 11.6 Å². The number of benzene rings is 1. The Hall–Kier alpha value is -1.68. The second-order valence-corrected chi connectivity index (χ2v) is 4.47. The van der Waals surface area contributed by atoms with Gasteiger partial charge in [-0.1, -0.05) is 6.07 Å². The van der Waals surface area contributed by atoms with E-state index >= 15 is 0 Å². The van der Waals surface area contributed by atoms with E-state index in [2.05, 4.69) is 15.3 Å². The minimum Gasteiger partial charge on any atom is -0.348 e. The standard InChI is InChI=1S/C14H18FN3/c1-10-7-13(15)4-3-12(10)5-6-16-8-14-11(2)17-9-18-14/h3-4,7,9,16H,5-6,8H2,1-2H3,(H,17,18). The van der Waals surface area contributed by atoms with Crippen molar-refractivity contribution < 1.29 is 4.39 Å². The Labute approximate surface area is 106 Å². The number of aromatic amines is 1. The summed E-state index contributed by atoms with van der Waals surface area (Å²) in [5.74, 6) is -0.170. The molecule has 0 aliphatic heterocycles. The SMILES string of the molecule is Cc1cc(F)ccc1CCNCc1nc[nH]c1C. The molecule has 0 bridgehead atoms. The molecule has 3 nitrogen and oxygen atoms in total. The van der Waals surface area contributed by atoms with Gasteiger partial charge in [0.25, 0.3) is 0 Å². The molecule has 0 radical (unpaired) electrons. The lowest BCUT2D eigenvalue weighted by Crippen LogP contribution is -2.17. The number of aryl methyl sites for hydroxylation is 2. The molecule has 2 rings (SSSR count). The van der Waals surface area contributed by atoms with Gasteiger partial charge in [0.05, 0.1) is 12.0 Å². The van der Waals surface area contributed by atoms with Gasteiger partial charge in [0.15, 0.2) is 0 Å². The summed E-state index contributed by atoms with van der Waals surface area (Å²) in [4.78, 5) is 7.27. The van der Waals surface area contributed by atoms with E-state index in [0.29, 0.717) is 0 Å². The van der Waals surface area contributed by atoms with E-state index in [9.17, 15) is 4.39 Å². The first kappa shape index (κ1) is 12.8. The largest absolute Gasteiger partial charge is 0.348 e. The van der Waals surface area contributed by atoms with Crippen molar-refractivity contribution in [3.05, 3.63) is 52.9 Å². The highest BCUT2D eigenvalue weighted by molar-refractivity contribution is 5.26. The molecule has 2 N–H and O–H groups in total. The third-order valence-electron chi connectivity index (χ3n) is 3.10. The van der Waals surface area contributed by atoms with Crippen LogP contribution in [0, 0.1) is 19.7 Å². The molecular weight excluding hydrogens is 229 g/mol. The van der Waals surface area contributed by atoms with Crippen molar-refractivity contribution in [1.82, 2.24) is 15.3 Å². The predicted octanol–water partition coefficient (Wildman–Crippen LogP) is 2.50. The third-order valence-corrected chi connectivity index (χ3v) is 3.10. The Morgan fingerprint density at radius 3 is 2.83 bits per heavy atom. The molecular formula is C14H18FN3. The highest BCUT2D eigenvalue weighted by atomic mass is 19.1. The molecule has 0 fully saturated rings. The van der Waals surface area contributed by atoms with Crippen LogP contribution in [0.25, 0.3) is 0 Å². The van der Waals surface area contributed by atoms with Crippen molar-refractivity contribution in [2.24, 2.45) is 0 Å². The fourth-order valence-corrected chi connectivity index (χ4v) is 1.94. The minimum absolute atomic E-state index is 0.170. The Morgan fingerprint density at radius 2 is 2.17 bits per heavy atom. The van der Waals surface area contributed by atoms with Crippen LogP contribution in [0.3, 0.4) is 0 Å². The number of hydrogen-bond donors (Lipinski definition) is 2. The van der Waals surface area contributed by atoms with Crippen LogP contribution in [-0.4, -0.2) is 16.5 Å². The lowest BCUT2D eigenvalue weighted by Gasteiger charge is -2.07. The lowest BCUT2D eigenvalue weighted by atomic mass is 10.1. The summed E-state index contributed by atoms with van der Waals surface area (Å²) in [6, 6.07) is 4.94. The van der Waals surface area contributed by atoms with Gasteiger partial charge in [-0.2, -0.15) is 0 Å². The Balaban J connectivity index is 1.80. The maximum absolute atomic E-state index is 12.9. The van der Waals surface area contributed by atoms with E-state index in [1.807, 2.05) is 19.9 Å². The van der Waals surface area contributed by atoms with Gasteiger partial charge in [0, 0.05) is 12.2 Å². The number of aromatic nitrogens is 2. The Kier molecular flexibility index (Phi) is 4.10. The molecule has 0 saturated carbocycles. The Bertz CT molecular complexity index is 520. The van der Waals surface area contributed by atoms with E-state index in [1.54, 1.807) is 12.4 Å². The molecule has 0 spiro atoms. The first-order valence-corrected chi connectivity index (χ1v) is 6.11. The summed E-state index contributed by atoms with van der Waals surface area (Å²) >= 11 is 0. The highest BCUT2D eigenvalue weighted by Gasteiger charge is 2.02. The third kappa shape index (κ3) is 3.17. The molecule has 0 saturated heterocycles. The van der Waals surface area contributed by atoms with Crippen LogP contribution < -0.4 is 5.32 Å². The van der Waals surface area contributed by atoms with Gasteiger partial charge in [-0.05, 0) is 50.1 Å². The zero-order valence-electron chi connectivity index (χ0n) is 10.8. The van der Waals surface area contributed by atoms with Crippen LogP contribution in [-0.2, 0) is 13.0 Å². The number of nitrogens with one attached hydrogen (secondary N) is 2. The number of halogens is 1. The molecule has 0 atom stereocenters. The normalized spacial score (nSPS) is 10.8. The average Bonchev–Trinajstić information content (AvgIpc) is 2.73. The van der Waals surface area contributed by atoms with E-state index in [0.717, 1.165) is 36.5 Å². The van der Waals surface area contributed by atoms with Crippen LogP contribution >= 0.6 is 0 Å². The van der Waals surface area contributed by atoms with Crippen molar-refractivity contribution in [1.29, 1.82) is 0 Å². The molecule has 0 aliphatic rings. The second-order valence-electron chi connectivity index (χ2n) is 4.47. The smallest absolute Gasteiger partial charge is 0.123 e. The highest BCUT2D eigenvalue weighted by Crippen LogP contribution is 2.10. The summed E-state index contributed by atoms with van der Waals surface area (Å²) in [7, 11) is 0. The van der Waals surface area contributed by atoms with Gasteiger partial charge >= 0.3 is 0 Å². The molecule has 18 heavy (non-hydrogen) atoms. The van der Waals surface area contributed by atoms with Gasteiger partial charge < -0.3 is 10.3 Å². The van der Waals surface area contributed by atoms with Crippen molar-refractivity contribution in [3.63, 3.8) is 0 Å². The molecule has 0 amide bonds. The average molecular weight is 247 g/mol. The molecule has 2 aromatic rings. The Morgan fingerprint density at radius 1 is 1.33 bits per heavy atom. The fourth-order valence-electron chi connectivity index (χ4n) is 1.94. The molecule has 0 unspecified atom stereocenters. The number of H-pyrrole nitrogens is 1. The van der Waals surface area contributed by atoms with Gasteiger partial charge in [-0.15, -0.1) is 0 Å². The second kappa shape index (κ2) is 5.78. The van der Waals surface area contributed by atoms with Crippen molar-refractivity contribution >= 4 is 0 Å². The van der Waals surface area contributed by atoms with Crippen LogP contribution in [0.2, 0.25) is 0 Å². The van der Waals surface area contributed by atoms with Gasteiger partial charge in [-0.25, -0.2) is 9.37 Å². The number of rotatable bonds is 5. The van der Waals surface area contributed by atoms with E-state index in [4.69, 9.17) is 0 Å². The zero-order chi connectivity index (χ0) is 13.0. The lowest BCUT2D eigenvalue weighted by molar-refractivity contribution is 0.624. The molecule has 1 heterocycles. The first-order valence-electron chi connectivity index (χ1n) is 6.11. The van der Waals surface area contributed by atoms with Gasteiger partial charge in [0.1, 0.15) is 5.82 Å². The minimum atomic E-state index is -0.170. The maximum atomic E-state index is 12.9. The summed E-state index contributed by atoms with van der Waals surface area (Å²) in [6.07, 6.45) is 2.60. The van der Waals surface area contributed by atoms with Crippen LogP contribution in [0.1, 0.15) is 22.5 Å². The molecule has 1 aromatic heterocycles. The summed E-state index contributed by atoms with van der Waals surface area (Å²) in [5.41, 5.74) is 4.33. The molecule has 1 aromatic carbocycles. The predicted molar refractivity (Wildman–Crippen MR) is 69.9 cm³/mol. The topological polar surface area (TPSA) is 40.7 Å². The summed E-state index contributed by atoms with van der Waals surface area (Å²) < 4.78 is 12.9. The van der Waals surface area contributed by atoms with Crippen LogP contribution in [0.15, 0.2) is 24.5 Å². The number of hydrogen-bond acceptors (Lipinski definition) is 2. The quantitative estimate of drug-likeness (QED) is 0.797. The number of imidazole rings is 1. The van der Waals surface area contributed by atoms with Crippen molar-refractivity contribution in [3.8, 4) is 0 Å². The molecule has 96 valence electrons. The first-order chi connectivity index (χ1) is 8.66. The van der Waals surface area contributed by atoms with Crippen LogP contribution in [0.5, 0.6) is 0 Å². The summed E-state index contributed by atoms with van der Waals surface area (Å²) in [6.45, 7) is 5.57. The monoisotopic (exact) mass is 247 g/mol. The fraction of sp³-hybridized carbons (Fsp3) is 0.357. The maximum Gasteiger partial charge on any atom is 0.123 e. The van der Waals surface area contributed by atoms with Crippen molar-refractivity contribution in [2.75, 3.05) is 6.54 Å². The van der Waals surface area contributed by atoms with E-state index in [-0.39, 0.29) is 5.82 Å². The van der Waals surface area contributed by atoms with Crippen molar-refractivity contribution in [2.45, 2.75) is 26.8 Å². The number of nitrogens with zero attached hydrogens (tertiary/aromatic N) is 1.